The van der Waals surface area contributed by atoms with Crippen molar-refractivity contribution < 1.29 is 19.8 Å². The number of nitrogens with zero attached hydrogens (tertiary/aromatic N) is 2. The third kappa shape index (κ3) is 3.80. The number of aromatic nitrogens is 2. The molecular formula is C10H13N3O4. The van der Waals surface area contributed by atoms with Gasteiger partial charge < -0.3 is 15.5 Å². The van der Waals surface area contributed by atoms with Crippen LogP contribution in [0.3, 0.4) is 0 Å². The Morgan fingerprint density at radius 3 is 2.59 bits per heavy atom. The number of aliphatic hydroxyl groups excluding tert-OH is 1. The molecular weight excluding hydrogens is 226 g/mol. The van der Waals surface area contributed by atoms with Crippen molar-refractivity contribution in [3.63, 3.8) is 0 Å². The number of aryl methyl sites for hydroxylation is 1. The van der Waals surface area contributed by atoms with Crippen LogP contribution in [0.4, 0.5) is 0 Å². The van der Waals surface area contributed by atoms with Crippen LogP contribution in [0.15, 0.2) is 12.4 Å². The number of carbonyl (C=O) groups excluding carboxylic acids is 1. The van der Waals surface area contributed by atoms with Crippen LogP contribution in [-0.4, -0.2) is 44.7 Å². The molecule has 0 bridgehead atoms. The molecule has 0 aromatic carbocycles. The number of hydrogen-bond acceptors (Lipinski definition) is 5. The number of amides is 1. The fourth-order valence-corrected chi connectivity index (χ4v) is 1.13. The lowest BCUT2D eigenvalue weighted by Gasteiger charge is -2.12. The average molecular weight is 239 g/mol. The highest BCUT2D eigenvalue weighted by Crippen LogP contribution is 1.97. The lowest BCUT2D eigenvalue weighted by atomic mass is 10.2. The van der Waals surface area contributed by atoms with E-state index in [1.54, 1.807) is 6.92 Å². The first-order valence-corrected chi connectivity index (χ1v) is 4.97. The second kappa shape index (κ2) is 5.90. The molecule has 7 nitrogen and oxygen atoms in total. The van der Waals surface area contributed by atoms with Gasteiger partial charge in [0, 0.05) is 19.2 Å². The predicted octanol–water partition coefficient (Wildman–Crippen LogP) is -0.650. The molecule has 1 atom stereocenters. The number of carboxylic acids is 1. The molecule has 0 aliphatic carbocycles. The van der Waals surface area contributed by atoms with Crippen LogP contribution in [0.25, 0.3) is 0 Å². The summed E-state index contributed by atoms with van der Waals surface area (Å²) in [5.41, 5.74) is 0.700. The molecule has 1 aromatic rings. The number of carboxylic acid groups (broad SMARTS) is 1. The Balaban J connectivity index is 2.70. The van der Waals surface area contributed by atoms with E-state index in [1.165, 1.54) is 12.4 Å². The molecule has 0 saturated heterocycles. The van der Waals surface area contributed by atoms with E-state index >= 15 is 0 Å². The maximum absolute atomic E-state index is 11.6. The topological polar surface area (TPSA) is 112 Å². The van der Waals surface area contributed by atoms with Gasteiger partial charge in [-0.2, -0.15) is 0 Å². The summed E-state index contributed by atoms with van der Waals surface area (Å²) >= 11 is 0. The van der Waals surface area contributed by atoms with E-state index in [-0.39, 0.29) is 18.7 Å². The molecule has 0 fully saturated rings. The van der Waals surface area contributed by atoms with E-state index in [9.17, 15) is 9.59 Å². The smallest absolute Gasteiger partial charge is 0.326 e. The standard InChI is InChI=1S/C10H13N3O4/c1-6-4-12-8(5-11-6)9(15)13-7(2-3-14)10(16)17/h4-5,7,14H,2-3H2,1H3,(H,13,15)(H,16,17)/t7-/m1/s1. The number of hydrogen-bond donors (Lipinski definition) is 3. The number of carbonyl (C=O) groups is 2. The monoisotopic (exact) mass is 239 g/mol. The first kappa shape index (κ1) is 13.0. The molecule has 0 unspecified atom stereocenters. The molecule has 3 N–H and O–H groups in total. The van der Waals surface area contributed by atoms with Crippen molar-refractivity contribution in [1.29, 1.82) is 0 Å². The zero-order valence-electron chi connectivity index (χ0n) is 9.25. The van der Waals surface area contributed by atoms with E-state index in [4.69, 9.17) is 10.2 Å². The van der Waals surface area contributed by atoms with Crippen LogP contribution in [0.5, 0.6) is 0 Å². The van der Waals surface area contributed by atoms with Gasteiger partial charge in [-0.05, 0) is 6.92 Å². The minimum absolute atomic E-state index is 0.0415. The fraction of sp³-hybridized carbons (Fsp3) is 0.400. The SMILES string of the molecule is Cc1cnc(C(=O)N[C@H](CCO)C(=O)O)cn1. The Labute approximate surface area is 97.5 Å². The van der Waals surface area contributed by atoms with E-state index in [0.29, 0.717) is 5.69 Å². The maximum atomic E-state index is 11.6. The second-order valence-electron chi connectivity index (χ2n) is 3.42. The molecule has 7 heteroatoms. The van der Waals surface area contributed by atoms with Crippen molar-refractivity contribution >= 4 is 11.9 Å². The zero-order chi connectivity index (χ0) is 12.8. The summed E-state index contributed by atoms with van der Waals surface area (Å²) in [6.45, 7) is 1.40. The first-order chi connectivity index (χ1) is 8.04. The number of rotatable bonds is 5. The minimum atomic E-state index is -1.20. The van der Waals surface area contributed by atoms with Crippen LogP contribution in [0.2, 0.25) is 0 Å². The molecule has 92 valence electrons. The van der Waals surface area contributed by atoms with E-state index in [1.807, 2.05) is 0 Å². The summed E-state index contributed by atoms with van der Waals surface area (Å²) in [7, 11) is 0. The summed E-state index contributed by atoms with van der Waals surface area (Å²) in [5, 5.41) is 19.7. The van der Waals surface area contributed by atoms with E-state index in [2.05, 4.69) is 15.3 Å². The normalized spacial score (nSPS) is 11.9. The van der Waals surface area contributed by atoms with E-state index < -0.39 is 17.9 Å². The van der Waals surface area contributed by atoms with Crippen molar-refractivity contribution in [3.05, 3.63) is 23.8 Å². The Morgan fingerprint density at radius 2 is 2.12 bits per heavy atom. The summed E-state index contributed by atoms with van der Waals surface area (Å²) in [5.74, 6) is -1.83. The van der Waals surface area contributed by atoms with Crippen LogP contribution in [0, 0.1) is 6.92 Å². The summed E-state index contributed by atoms with van der Waals surface area (Å²) < 4.78 is 0. The summed E-state index contributed by atoms with van der Waals surface area (Å²) in [6.07, 6.45) is 2.62. The van der Waals surface area contributed by atoms with Crippen LogP contribution < -0.4 is 5.32 Å². The van der Waals surface area contributed by atoms with Crippen molar-refractivity contribution in [1.82, 2.24) is 15.3 Å². The first-order valence-electron chi connectivity index (χ1n) is 4.97. The second-order valence-corrected chi connectivity index (χ2v) is 3.42. The van der Waals surface area contributed by atoms with Gasteiger partial charge >= 0.3 is 5.97 Å². The number of aliphatic carboxylic acids is 1. The van der Waals surface area contributed by atoms with Crippen LogP contribution in [-0.2, 0) is 4.79 Å². The Kier molecular flexibility index (Phi) is 4.53. The molecule has 17 heavy (non-hydrogen) atoms. The van der Waals surface area contributed by atoms with Gasteiger partial charge in [-0.1, -0.05) is 0 Å². The van der Waals surface area contributed by atoms with Gasteiger partial charge in [-0.15, -0.1) is 0 Å². The Bertz CT molecular complexity index is 405. The lowest BCUT2D eigenvalue weighted by Crippen LogP contribution is -2.41. The van der Waals surface area contributed by atoms with Gasteiger partial charge in [0.2, 0.25) is 0 Å². The predicted molar refractivity (Wildman–Crippen MR) is 57.4 cm³/mol. The number of aliphatic hydroxyl groups is 1. The van der Waals surface area contributed by atoms with Gasteiger partial charge in [0.15, 0.2) is 0 Å². The minimum Gasteiger partial charge on any atom is -0.480 e. The quantitative estimate of drug-likeness (QED) is 0.629. The highest BCUT2D eigenvalue weighted by Gasteiger charge is 2.20. The van der Waals surface area contributed by atoms with Crippen LogP contribution in [0.1, 0.15) is 22.6 Å². The molecule has 1 heterocycles. The van der Waals surface area contributed by atoms with E-state index in [0.717, 1.165) is 0 Å². The highest BCUT2D eigenvalue weighted by atomic mass is 16.4. The molecule has 0 aliphatic rings. The largest absolute Gasteiger partial charge is 0.480 e. The molecule has 0 saturated carbocycles. The molecule has 1 amide bonds. The lowest BCUT2D eigenvalue weighted by molar-refractivity contribution is -0.139. The number of nitrogens with one attached hydrogen (secondary N) is 1. The average Bonchev–Trinajstić information content (AvgIpc) is 2.29. The fourth-order valence-electron chi connectivity index (χ4n) is 1.13. The zero-order valence-corrected chi connectivity index (χ0v) is 9.25. The molecule has 1 rings (SSSR count). The van der Waals surface area contributed by atoms with Gasteiger partial charge in [-0.3, -0.25) is 9.78 Å². The highest BCUT2D eigenvalue weighted by molar-refractivity contribution is 5.94. The Morgan fingerprint density at radius 1 is 1.41 bits per heavy atom. The molecule has 0 aliphatic heterocycles. The van der Waals surface area contributed by atoms with Crippen molar-refractivity contribution in [2.24, 2.45) is 0 Å². The van der Waals surface area contributed by atoms with Crippen molar-refractivity contribution in [3.8, 4) is 0 Å². The molecule has 0 radical (unpaired) electrons. The molecule has 0 spiro atoms. The van der Waals surface area contributed by atoms with Gasteiger partial charge in [0.05, 0.1) is 11.9 Å². The van der Waals surface area contributed by atoms with Crippen molar-refractivity contribution in [2.45, 2.75) is 19.4 Å². The van der Waals surface area contributed by atoms with Gasteiger partial charge in [0.25, 0.3) is 5.91 Å². The summed E-state index contributed by atoms with van der Waals surface area (Å²) in [4.78, 5) is 30.0. The van der Waals surface area contributed by atoms with Crippen LogP contribution >= 0.6 is 0 Å². The summed E-state index contributed by atoms with van der Waals surface area (Å²) in [6, 6.07) is -1.13. The van der Waals surface area contributed by atoms with Gasteiger partial charge in [-0.25, -0.2) is 9.78 Å². The maximum Gasteiger partial charge on any atom is 0.326 e. The Hall–Kier alpha value is -2.02. The molecule has 1 aromatic heterocycles. The van der Waals surface area contributed by atoms with Crippen molar-refractivity contribution in [2.75, 3.05) is 6.61 Å². The third-order valence-corrected chi connectivity index (χ3v) is 2.03. The van der Waals surface area contributed by atoms with Gasteiger partial charge in [0.1, 0.15) is 11.7 Å². The third-order valence-electron chi connectivity index (χ3n) is 2.03.